The molecule has 0 unspecified atom stereocenters. The number of carboxylic acid groups (broad SMARTS) is 1. The van der Waals surface area contributed by atoms with Gasteiger partial charge < -0.3 is 15.7 Å². The zero-order chi connectivity index (χ0) is 12.8. The molecule has 17 heavy (non-hydrogen) atoms. The van der Waals surface area contributed by atoms with Gasteiger partial charge in [-0.1, -0.05) is 6.92 Å². The van der Waals surface area contributed by atoms with Crippen LogP contribution in [0.2, 0.25) is 0 Å². The van der Waals surface area contributed by atoms with Gasteiger partial charge in [0.25, 0.3) is 0 Å². The van der Waals surface area contributed by atoms with Gasteiger partial charge in [0, 0.05) is 12.1 Å². The van der Waals surface area contributed by atoms with Crippen molar-refractivity contribution in [3.05, 3.63) is 29.8 Å². The van der Waals surface area contributed by atoms with Crippen molar-refractivity contribution in [1.82, 2.24) is 5.32 Å². The minimum absolute atomic E-state index is 0.176. The van der Waals surface area contributed by atoms with E-state index in [2.05, 4.69) is 10.6 Å². The fraction of sp³-hybridized carbons (Fsp3) is 0.182. The SMILES string of the molecule is CCC(=O)NC(=S)Nc1ccc(C(=O)O)cc1. The molecular weight excluding hydrogens is 240 g/mol. The second-order valence-electron chi connectivity index (χ2n) is 3.24. The van der Waals surface area contributed by atoms with Crippen LogP contribution in [0.4, 0.5) is 5.69 Å². The summed E-state index contributed by atoms with van der Waals surface area (Å²) in [5, 5.41) is 14.2. The maximum atomic E-state index is 11.0. The number of carboxylic acids is 1. The third kappa shape index (κ3) is 4.20. The molecule has 5 nitrogen and oxygen atoms in total. The highest BCUT2D eigenvalue weighted by Gasteiger charge is 2.04. The number of benzene rings is 1. The molecule has 0 spiro atoms. The zero-order valence-corrected chi connectivity index (χ0v) is 10.0. The standard InChI is InChI=1S/C11H12N2O3S/c1-2-9(14)13-11(17)12-8-5-3-7(4-6-8)10(15)16/h3-6H,2H2,1H3,(H,15,16)(H2,12,13,14,17). The highest BCUT2D eigenvalue weighted by molar-refractivity contribution is 7.80. The van der Waals surface area contributed by atoms with Crippen LogP contribution in [-0.4, -0.2) is 22.1 Å². The Morgan fingerprint density at radius 2 is 1.88 bits per heavy atom. The van der Waals surface area contributed by atoms with Gasteiger partial charge >= 0.3 is 5.97 Å². The number of aromatic carboxylic acids is 1. The van der Waals surface area contributed by atoms with Crippen molar-refractivity contribution in [2.45, 2.75) is 13.3 Å². The van der Waals surface area contributed by atoms with Crippen LogP contribution < -0.4 is 10.6 Å². The number of carbonyl (C=O) groups is 2. The second kappa shape index (κ2) is 5.95. The number of hydrogen-bond donors (Lipinski definition) is 3. The van der Waals surface area contributed by atoms with Gasteiger partial charge in [0.15, 0.2) is 5.11 Å². The average Bonchev–Trinajstić information content (AvgIpc) is 2.29. The molecule has 0 aliphatic heterocycles. The van der Waals surface area contributed by atoms with Crippen LogP contribution in [0.25, 0.3) is 0 Å². The summed E-state index contributed by atoms with van der Waals surface area (Å²) in [4.78, 5) is 21.7. The van der Waals surface area contributed by atoms with Gasteiger partial charge in [-0.2, -0.15) is 0 Å². The quantitative estimate of drug-likeness (QED) is 0.712. The number of thiocarbonyl (C=S) groups is 1. The van der Waals surface area contributed by atoms with Crippen LogP contribution in [0.15, 0.2) is 24.3 Å². The number of rotatable bonds is 3. The summed E-state index contributed by atoms with van der Waals surface area (Å²) in [6, 6.07) is 6.06. The fourth-order valence-corrected chi connectivity index (χ4v) is 1.31. The molecule has 0 aliphatic rings. The summed E-state index contributed by atoms with van der Waals surface area (Å²) < 4.78 is 0. The third-order valence-corrected chi connectivity index (χ3v) is 2.17. The minimum atomic E-state index is -0.988. The molecule has 1 aromatic carbocycles. The van der Waals surface area contributed by atoms with Crippen molar-refractivity contribution in [1.29, 1.82) is 0 Å². The lowest BCUT2D eigenvalue weighted by atomic mass is 10.2. The molecule has 3 N–H and O–H groups in total. The van der Waals surface area contributed by atoms with E-state index < -0.39 is 5.97 Å². The summed E-state index contributed by atoms with van der Waals surface area (Å²) in [5.41, 5.74) is 0.815. The lowest BCUT2D eigenvalue weighted by molar-refractivity contribution is -0.119. The predicted octanol–water partition coefficient (Wildman–Crippen LogP) is 1.61. The molecule has 0 radical (unpaired) electrons. The van der Waals surface area contributed by atoms with Crippen LogP contribution in [0.1, 0.15) is 23.7 Å². The van der Waals surface area contributed by atoms with Crippen molar-refractivity contribution in [2.75, 3.05) is 5.32 Å². The van der Waals surface area contributed by atoms with Gasteiger partial charge in [-0.25, -0.2) is 4.79 Å². The van der Waals surface area contributed by atoms with Crippen molar-refractivity contribution in [2.24, 2.45) is 0 Å². The molecule has 0 bridgehead atoms. The normalized spacial score (nSPS) is 9.47. The van der Waals surface area contributed by atoms with Crippen LogP contribution >= 0.6 is 12.2 Å². The van der Waals surface area contributed by atoms with Crippen LogP contribution in [0, 0.1) is 0 Å². The van der Waals surface area contributed by atoms with Crippen molar-refractivity contribution in [3.8, 4) is 0 Å². The van der Waals surface area contributed by atoms with E-state index in [4.69, 9.17) is 17.3 Å². The first kappa shape index (κ1) is 13.1. The molecular formula is C11H12N2O3S. The summed E-state index contributed by atoms with van der Waals surface area (Å²) in [6.45, 7) is 1.72. The van der Waals surface area contributed by atoms with Gasteiger partial charge in [-0.15, -0.1) is 0 Å². The number of anilines is 1. The predicted molar refractivity (Wildman–Crippen MR) is 68.1 cm³/mol. The summed E-state index contributed by atoms with van der Waals surface area (Å²) in [6.07, 6.45) is 0.347. The zero-order valence-electron chi connectivity index (χ0n) is 9.19. The lowest BCUT2D eigenvalue weighted by Gasteiger charge is -2.08. The maximum Gasteiger partial charge on any atom is 0.335 e. The van der Waals surface area contributed by atoms with E-state index in [-0.39, 0.29) is 16.6 Å². The summed E-state index contributed by atoms with van der Waals surface area (Å²) in [5.74, 6) is -1.16. The molecule has 90 valence electrons. The summed E-state index contributed by atoms with van der Waals surface area (Å²) >= 11 is 4.90. The van der Waals surface area contributed by atoms with E-state index >= 15 is 0 Å². The Hall–Kier alpha value is -1.95. The molecule has 1 rings (SSSR count). The van der Waals surface area contributed by atoms with Crippen LogP contribution in [0.5, 0.6) is 0 Å². The second-order valence-corrected chi connectivity index (χ2v) is 3.65. The Balaban J connectivity index is 2.60. The number of carbonyl (C=O) groups excluding carboxylic acids is 1. The van der Waals surface area contributed by atoms with Crippen molar-refractivity contribution >= 4 is 34.9 Å². The fourth-order valence-electron chi connectivity index (χ4n) is 1.07. The first-order chi connectivity index (χ1) is 8.02. The molecule has 6 heteroatoms. The Bertz CT molecular complexity index is 443. The Morgan fingerprint density at radius 1 is 1.29 bits per heavy atom. The van der Waals surface area contributed by atoms with Crippen LogP contribution in [0.3, 0.4) is 0 Å². The van der Waals surface area contributed by atoms with Gasteiger partial charge in [0.05, 0.1) is 5.56 Å². The highest BCUT2D eigenvalue weighted by atomic mass is 32.1. The van der Waals surface area contributed by atoms with Gasteiger partial charge in [0.2, 0.25) is 5.91 Å². The molecule has 0 heterocycles. The number of hydrogen-bond acceptors (Lipinski definition) is 3. The average molecular weight is 252 g/mol. The van der Waals surface area contributed by atoms with Crippen LogP contribution in [-0.2, 0) is 4.79 Å². The molecule has 0 saturated carbocycles. The van der Waals surface area contributed by atoms with E-state index in [1.165, 1.54) is 12.1 Å². The van der Waals surface area contributed by atoms with Crippen molar-refractivity contribution in [3.63, 3.8) is 0 Å². The van der Waals surface area contributed by atoms with Gasteiger partial charge in [0.1, 0.15) is 0 Å². The van der Waals surface area contributed by atoms with Gasteiger partial charge in [-0.3, -0.25) is 4.79 Å². The Labute approximate surface area is 104 Å². The van der Waals surface area contributed by atoms with E-state index in [0.29, 0.717) is 12.1 Å². The van der Waals surface area contributed by atoms with E-state index in [0.717, 1.165) is 0 Å². The molecule has 0 saturated heterocycles. The lowest BCUT2D eigenvalue weighted by Crippen LogP contribution is -2.33. The molecule has 0 fully saturated rings. The molecule has 0 aliphatic carbocycles. The monoisotopic (exact) mass is 252 g/mol. The largest absolute Gasteiger partial charge is 0.478 e. The number of nitrogens with one attached hydrogen (secondary N) is 2. The minimum Gasteiger partial charge on any atom is -0.478 e. The molecule has 1 amide bonds. The first-order valence-electron chi connectivity index (χ1n) is 4.97. The Kier molecular flexibility index (Phi) is 4.59. The third-order valence-electron chi connectivity index (χ3n) is 1.96. The van der Waals surface area contributed by atoms with Crippen molar-refractivity contribution < 1.29 is 14.7 Å². The number of amides is 1. The topological polar surface area (TPSA) is 78.4 Å². The van der Waals surface area contributed by atoms with E-state index in [1.807, 2.05) is 0 Å². The van der Waals surface area contributed by atoms with Gasteiger partial charge in [-0.05, 0) is 36.5 Å². The highest BCUT2D eigenvalue weighted by Crippen LogP contribution is 2.09. The van der Waals surface area contributed by atoms with E-state index in [9.17, 15) is 9.59 Å². The van der Waals surface area contributed by atoms with E-state index in [1.54, 1.807) is 19.1 Å². The molecule has 0 atom stereocenters. The smallest absolute Gasteiger partial charge is 0.335 e. The summed E-state index contributed by atoms with van der Waals surface area (Å²) in [7, 11) is 0. The first-order valence-corrected chi connectivity index (χ1v) is 5.38. The molecule has 0 aromatic heterocycles. The molecule has 1 aromatic rings. The maximum absolute atomic E-state index is 11.0. The Morgan fingerprint density at radius 3 is 2.35 bits per heavy atom.